The van der Waals surface area contributed by atoms with E-state index in [0.717, 1.165) is 5.69 Å². The lowest BCUT2D eigenvalue weighted by Crippen LogP contribution is -2.27. The molecule has 0 unspecified atom stereocenters. The van der Waals surface area contributed by atoms with Crippen LogP contribution in [0.1, 0.15) is 6.92 Å². The molecule has 0 bridgehead atoms. The lowest BCUT2D eigenvalue weighted by molar-refractivity contribution is -0.383. The summed E-state index contributed by atoms with van der Waals surface area (Å²) in [6.07, 6.45) is 1.20. The molecular formula is C16H15N7O2. The Bertz CT molecular complexity index is 811. The molecule has 0 atom stereocenters. The van der Waals surface area contributed by atoms with E-state index < -0.39 is 4.92 Å². The molecule has 0 saturated carbocycles. The van der Waals surface area contributed by atoms with Crippen molar-refractivity contribution in [1.29, 1.82) is 10.5 Å². The van der Waals surface area contributed by atoms with Gasteiger partial charge in [-0.25, -0.2) is 9.97 Å². The molecule has 0 N–H and O–H groups in total. The zero-order valence-electron chi connectivity index (χ0n) is 13.5. The van der Waals surface area contributed by atoms with Gasteiger partial charge in [0, 0.05) is 12.2 Å². The van der Waals surface area contributed by atoms with Crippen LogP contribution in [0.15, 0.2) is 36.7 Å². The molecule has 0 aliphatic carbocycles. The predicted molar refractivity (Wildman–Crippen MR) is 91.2 cm³/mol. The highest BCUT2D eigenvalue weighted by atomic mass is 16.6. The number of anilines is 3. The maximum atomic E-state index is 11.7. The minimum Gasteiger partial charge on any atom is -0.324 e. The molecule has 0 saturated heterocycles. The molecule has 126 valence electrons. The van der Waals surface area contributed by atoms with E-state index in [1.807, 2.05) is 49.4 Å². The van der Waals surface area contributed by atoms with Crippen LogP contribution in [-0.2, 0) is 0 Å². The van der Waals surface area contributed by atoms with Gasteiger partial charge in [-0.05, 0) is 19.1 Å². The summed E-state index contributed by atoms with van der Waals surface area (Å²) in [5.41, 5.74) is 0.406. The lowest BCUT2D eigenvalue weighted by Gasteiger charge is -2.24. The number of hydrogen-bond acceptors (Lipinski definition) is 8. The van der Waals surface area contributed by atoms with Crippen molar-refractivity contribution in [3.05, 3.63) is 46.8 Å². The molecular weight excluding hydrogens is 322 g/mol. The third-order valence-corrected chi connectivity index (χ3v) is 3.43. The molecule has 2 aromatic rings. The first-order valence-corrected chi connectivity index (χ1v) is 7.44. The number of nitro groups is 1. The van der Waals surface area contributed by atoms with Gasteiger partial charge in [-0.2, -0.15) is 10.5 Å². The quantitative estimate of drug-likeness (QED) is 0.428. The van der Waals surface area contributed by atoms with Crippen molar-refractivity contribution in [2.75, 3.05) is 29.4 Å². The molecule has 2 rings (SSSR count). The van der Waals surface area contributed by atoms with Crippen LogP contribution in [0.25, 0.3) is 0 Å². The molecule has 0 radical (unpaired) electrons. The zero-order valence-corrected chi connectivity index (χ0v) is 13.5. The van der Waals surface area contributed by atoms with Gasteiger partial charge < -0.3 is 9.80 Å². The Morgan fingerprint density at radius 2 is 1.72 bits per heavy atom. The van der Waals surface area contributed by atoms with Crippen LogP contribution in [0.2, 0.25) is 0 Å². The van der Waals surface area contributed by atoms with Gasteiger partial charge in [-0.15, -0.1) is 0 Å². The summed E-state index contributed by atoms with van der Waals surface area (Å²) in [7, 11) is 0. The van der Waals surface area contributed by atoms with Crippen molar-refractivity contribution in [2.24, 2.45) is 0 Å². The fourth-order valence-corrected chi connectivity index (χ4v) is 2.39. The first-order chi connectivity index (χ1) is 12.1. The molecule has 0 aliphatic rings. The van der Waals surface area contributed by atoms with Crippen LogP contribution >= 0.6 is 0 Å². The molecule has 9 heteroatoms. The van der Waals surface area contributed by atoms with Crippen LogP contribution in [0.3, 0.4) is 0 Å². The zero-order chi connectivity index (χ0) is 18.2. The maximum absolute atomic E-state index is 11.7. The Hall–Kier alpha value is -3.72. The molecule has 0 amide bonds. The second-order valence-electron chi connectivity index (χ2n) is 4.88. The molecule has 1 aromatic heterocycles. The Morgan fingerprint density at radius 1 is 1.12 bits per heavy atom. The van der Waals surface area contributed by atoms with Crippen molar-refractivity contribution in [3.8, 4) is 12.1 Å². The van der Waals surface area contributed by atoms with E-state index in [9.17, 15) is 10.1 Å². The summed E-state index contributed by atoms with van der Waals surface area (Å²) in [6.45, 7) is 1.91. The normalized spacial score (nSPS) is 9.72. The van der Waals surface area contributed by atoms with Gasteiger partial charge in [-0.1, -0.05) is 18.2 Å². The lowest BCUT2D eigenvalue weighted by atomic mass is 10.2. The van der Waals surface area contributed by atoms with Crippen LogP contribution in [0, 0.1) is 32.8 Å². The smallest absolute Gasteiger partial charge is 0.324 e. The van der Waals surface area contributed by atoms with Crippen molar-refractivity contribution < 1.29 is 4.92 Å². The first-order valence-electron chi connectivity index (χ1n) is 7.44. The first kappa shape index (κ1) is 17.6. The third-order valence-electron chi connectivity index (χ3n) is 3.43. The second kappa shape index (κ2) is 8.22. The number of rotatable bonds is 7. The van der Waals surface area contributed by atoms with Gasteiger partial charge in [0.15, 0.2) is 0 Å². The SMILES string of the molecule is CCN(c1ccccc1)c1ncnc(N(CC#N)CC#N)c1[N+](=O)[O-]. The van der Waals surface area contributed by atoms with Crippen molar-refractivity contribution in [3.63, 3.8) is 0 Å². The summed E-state index contributed by atoms with van der Waals surface area (Å²) in [5, 5.41) is 29.6. The van der Waals surface area contributed by atoms with E-state index in [4.69, 9.17) is 10.5 Å². The average molecular weight is 337 g/mol. The van der Waals surface area contributed by atoms with E-state index in [0.29, 0.717) is 6.54 Å². The predicted octanol–water partition coefficient (Wildman–Crippen LogP) is 2.40. The maximum Gasteiger partial charge on any atom is 0.354 e. The third kappa shape index (κ3) is 3.79. The highest BCUT2D eigenvalue weighted by Gasteiger charge is 2.30. The van der Waals surface area contributed by atoms with Gasteiger partial charge in [0.1, 0.15) is 19.4 Å². The minimum atomic E-state index is -0.585. The van der Waals surface area contributed by atoms with Crippen molar-refractivity contribution in [1.82, 2.24) is 9.97 Å². The Kier molecular flexibility index (Phi) is 5.80. The highest BCUT2D eigenvalue weighted by molar-refractivity contribution is 5.76. The number of nitrogens with zero attached hydrogens (tertiary/aromatic N) is 7. The molecule has 0 spiro atoms. The fraction of sp³-hybridized carbons (Fsp3) is 0.250. The molecule has 9 nitrogen and oxygen atoms in total. The molecule has 1 aromatic carbocycles. The molecule has 1 heterocycles. The molecule has 25 heavy (non-hydrogen) atoms. The van der Waals surface area contributed by atoms with Gasteiger partial charge in [0.2, 0.25) is 11.6 Å². The van der Waals surface area contributed by atoms with Crippen molar-refractivity contribution >= 4 is 23.0 Å². The summed E-state index contributed by atoms with van der Waals surface area (Å²) >= 11 is 0. The van der Waals surface area contributed by atoms with Gasteiger partial charge >= 0.3 is 5.69 Å². The summed E-state index contributed by atoms with van der Waals surface area (Å²) in [6, 6.07) is 12.9. The van der Waals surface area contributed by atoms with Crippen LogP contribution in [-0.4, -0.2) is 34.5 Å². The molecule has 0 fully saturated rings. The van der Waals surface area contributed by atoms with Crippen LogP contribution in [0.4, 0.5) is 23.0 Å². The largest absolute Gasteiger partial charge is 0.354 e. The molecule has 0 aliphatic heterocycles. The Balaban J connectivity index is 2.63. The van der Waals surface area contributed by atoms with Crippen molar-refractivity contribution in [2.45, 2.75) is 6.92 Å². The standard InChI is InChI=1S/C16H15N7O2/c1-2-22(13-6-4-3-5-7-13)16-14(23(24)25)15(19-12-20-16)21(10-8-17)11-9-18/h3-7,12H,2,10-11H2,1H3. The van der Waals surface area contributed by atoms with E-state index in [-0.39, 0.29) is 30.4 Å². The van der Waals surface area contributed by atoms with E-state index in [2.05, 4.69) is 9.97 Å². The monoisotopic (exact) mass is 337 g/mol. The van der Waals surface area contributed by atoms with Gasteiger partial charge in [0.25, 0.3) is 0 Å². The number of aromatic nitrogens is 2. The number of para-hydroxylation sites is 1. The highest BCUT2D eigenvalue weighted by Crippen LogP contribution is 2.37. The minimum absolute atomic E-state index is 0.0486. The number of nitriles is 2. The van der Waals surface area contributed by atoms with Crippen LogP contribution in [0.5, 0.6) is 0 Å². The summed E-state index contributed by atoms with van der Waals surface area (Å²) in [4.78, 5) is 22.1. The van der Waals surface area contributed by atoms with E-state index >= 15 is 0 Å². The van der Waals surface area contributed by atoms with E-state index in [1.54, 1.807) is 4.90 Å². The number of benzene rings is 1. The Labute approximate surface area is 144 Å². The summed E-state index contributed by atoms with van der Waals surface area (Å²) in [5.74, 6) is 0.0667. The fourth-order valence-electron chi connectivity index (χ4n) is 2.39. The van der Waals surface area contributed by atoms with Gasteiger partial charge in [0.05, 0.1) is 17.1 Å². The van der Waals surface area contributed by atoms with E-state index in [1.165, 1.54) is 11.2 Å². The number of hydrogen-bond donors (Lipinski definition) is 0. The summed E-state index contributed by atoms with van der Waals surface area (Å²) < 4.78 is 0. The average Bonchev–Trinajstić information content (AvgIpc) is 2.63. The second-order valence-corrected chi connectivity index (χ2v) is 4.88. The Morgan fingerprint density at radius 3 is 2.24 bits per heavy atom. The topological polar surface area (TPSA) is 123 Å². The van der Waals surface area contributed by atoms with Gasteiger partial charge in [-0.3, -0.25) is 10.1 Å². The van der Waals surface area contributed by atoms with Crippen LogP contribution < -0.4 is 9.80 Å².